The lowest BCUT2D eigenvalue weighted by Gasteiger charge is -2.17. The first kappa shape index (κ1) is 25.8. The normalized spacial score (nSPS) is 11.9. The summed E-state index contributed by atoms with van der Waals surface area (Å²) in [4.78, 5) is 41.6. The number of nitrogens with one attached hydrogen (secondary N) is 1. The summed E-state index contributed by atoms with van der Waals surface area (Å²) in [6.45, 7) is -2.08. The molecule has 1 atom stereocenters. The molecule has 1 N–H and O–H groups in total. The zero-order valence-electron chi connectivity index (χ0n) is 18.5. The van der Waals surface area contributed by atoms with Crippen molar-refractivity contribution in [2.24, 2.45) is 5.92 Å². The topological polar surface area (TPSA) is 104 Å². The van der Waals surface area contributed by atoms with E-state index in [4.69, 9.17) is 11.6 Å². The van der Waals surface area contributed by atoms with Crippen LogP contribution in [0.4, 0.5) is 24.8 Å². The van der Waals surface area contributed by atoms with Crippen molar-refractivity contribution in [1.82, 2.24) is 14.1 Å². The van der Waals surface area contributed by atoms with Crippen LogP contribution >= 0.6 is 11.6 Å². The molecule has 2 aromatic carbocycles. The van der Waals surface area contributed by atoms with Crippen molar-refractivity contribution in [2.75, 3.05) is 12.4 Å². The van der Waals surface area contributed by atoms with Crippen LogP contribution in [0.25, 0.3) is 0 Å². The first-order valence-corrected chi connectivity index (χ1v) is 10.5. The Bertz CT molecular complexity index is 1330. The maximum absolute atomic E-state index is 14.2. The van der Waals surface area contributed by atoms with Gasteiger partial charge in [-0.15, -0.1) is 0 Å². The summed E-state index contributed by atoms with van der Waals surface area (Å²) in [6.07, 6.45) is 0. The standard InChI is InChI=1S/C22H20ClF3N4O5/c1-12(18(31)34-2)10-30-21(32)28-20(27-15-7-8-17(16(24)9-15)35-19(25)26)29(22(30)33)11-13-3-5-14(23)6-4-13/h3-9,12,19H,10-11H2,1-2H3,(H,27,28,32)/t12-/m0/s1. The molecule has 1 heterocycles. The Hall–Kier alpha value is -3.80. The second-order valence-electron chi connectivity index (χ2n) is 7.40. The molecule has 3 aromatic rings. The number of carbonyl (C=O) groups is 1. The molecule has 3 rings (SSSR count). The van der Waals surface area contributed by atoms with Gasteiger partial charge in [0.15, 0.2) is 11.6 Å². The van der Waals surface area contributed by atoms with Crippen LogP contribution in [0.3, 0.4) is 0 Å². The lowest BCUT2D eigenvalue weighted by Crippen LogP contribution is -2.44. The fourth-order valence-corrected chi connectivity index (χ4v) is 3.27. The van der Waals surface area contributed by atoms with E-state index in [1.165, 1.54) is 20.1 Å². The van der Waals surface area contributed by atoms with Crippen molar-refractivity contribution < 1.29 is 27.4 Å². The number of carbonyl (C=O) groups excluding carboxylic acids is 1. The van der Waals surface area contributed by atoms with Gasteiger partial charge in [-0.2, -0.15) is 13.8 Å². The first-order chi connectivity index (χ1) is 16.6. The van der Waals surface area contributed by atoms with E-state index in [9.17, 15) is 27.6 Å². The van der Waals surface area contributed by atoms with E-state index in [0.717, 1.165) is 21.3 Å². The van der Waals surface area contributed by atoms with E-state index in [-0.39, 0.29) is 24.7 Å². The summed E-state index contributed by atoms with van der Waals surface area (Å²) in [7, 11) is 1.18. The highest BCUT2D eigenvalue weighted by Crippen LogP contribution is 2.24. The molecule has 35 heavy (non-hydrogen) atoms. The Morgan fingerprint density at radius 2 is 1.83 bits per heavy atom. The number of hydrogen-bond acceptors (Lipinski definition) is 7. The number of esters is 1. The highest BCUT2D eigenvalue weighted by molar-refractivity contribution is 6.30. The Morgan fingerprint density at radius 3 is 2.43 bits per heavy atom. The number of alkyl halides is 2. The molecule has 0 aliphatic rings. The minimum Gasteiger partial charge on any atom is -0.469 e. The maximum Gasteiger partial charge on any atom is 0.387 e. The van der Waals surface area contributed by atoms with Gasteiger partial charge in [-0.1, -0.05) is 30.7 Å². The summed E-state index contributed by atoms with van der Waals surface area (Å²) in [5.74, 6) is -3.44. The molecular formula is C22H20ClF3N4O5. The molecule has 186 valence electrons. The Labute approximate surface area is 201 Å². The lowest BCUT2D eigenvalue weighted by molar-refractivity contribution is -0.145. The zero-order chi connectivity index (χ0) is 25.7. The smallest absolute Gasteiger partial charge is 0.387 e. The van der Waals surface area contributed by atoms with Gasteiger partial charge in [0.25, 0.3) is 0 Å². The van der Waals surface area contributed by atoms with Crippen LogP contribution in [-0.2, 0) is 22.6 Å². The van der Waals surface area contributed by atoms with Crippen LogP contribution in [0.1, 0.15) is 12.5 Å². The highest BCUT2D eigenvalue weighted by Gasteiger charge is 2.20. The maximum atomic E-state index is 14.2. The Morgan fingerprint density at radius 1 is 1.14 bits per heavy atom. The van der Waals surface area contributed by atoms with E-state index in [1.807, 2.05) is 0 Å². The number of nitrogens with zero attached hydrogens (tertiary/aromatic N) is 3. The van der Waals surface area contributed by atoms with E-state index in [0.29, 0.717) is 10.6 Å². The highest BCUT2D eigenvalue weighted by atomic mass is 35.5. The van der Waals surface area contributed by atoms with Gasteiger partial charge in [0, 0.05) is 23.3 Å². The van der Waals surface area contributed by atoms with Gasteiger partial charge in [-0.25, -0.2) is 18.5 Å². The van der Waals surface area contributed by atoms with Crippen LogP contribution in [-0.4, -0.2) is 33.8 Å². The summed E-state index contributed by atoms with van der Waals surface area (Å²) < 4.78 is 49.6. The molecule has 0 aliphatic carbocycles. The van der Waals surface area contributed by atoms with Gasteiger partial charge in [0.1, 0.15) is 0 Å². The SMILES string of the molecule is COC(=O)[C@@H](C)Cn1c(=O)nc(Nc2ccc(OC(F)F)c(F)c2)n(Cc2ccc(Cl)cc2)c1=O. The molecule has 0 unspecified atom stereocenters. The number of benzene rings is 2. The van der Waals surface area contributed by atoms with Gasteiger partial charge in [0.2, 0.25) is 5.95 Å². The van der Waals surface area contributed by atoms with Crippen molar-refractivity contribution in [3.63, 3.8) is 0 Å². The molecule has 1 aromatic heterocycles. The zero-order valence-corrected chi connectivity index (χ0v) is 19.3. The van der Waals surface area contributed by atoms with Crippen LogP contribution in [0.2, 0.25) is 5.02 Å². The molecule has 0 fully saturated rings. The number of halogens is 4. The number of rotatable bonds is 9. The van der Waals surface area contributed by atoms with Crippen LogP contribution in [0.15, 0.2) is 52.1 Å². The monoisotopic (exact) mass is 512 g/mol. The molecule has 0 radical (unpaired) electrons. The fraction of sp³-hybridized carbons (Fsp3) is 0.273. The fourth-order valence-electron chi connectivity index (χ4n) is 3.14. The van der Waals surface area contributed by atoms with Crippen molar-refractivity contribution in [3.05, 3.63) is 79.8 Å². The van der Waals surface area contributed by atoms with E-state index < -0.39 is 41.4 Å². The average Bonchev–Trinajstić information content (AvgIpc) is 2.81. The molecule has 13 heteroatoms. The average molecular weight is 513 g/mol. The van der Waals surface area contributed by atoms with E-state index in [2.05, 4.69) is 19.8 Å². The molecule has 0 spiro atoms. The predicted octanol–water partition coefficient (Wildman–Crippen LogP) is 3.40. The molecular weight excluding hydrogens is 493 g/mol. The third-order valence-corrected chi connectivity index (χ3v) is 5.12. The largest absolute Gasteiger partial charge is 0.469 e. The Balaban J connectivity index is 2.04. The number of aromatic nitrogens is 3. The number of methoxy groups -OCH3 is 1. The van der Waals surface area contributed by atoms with Gasteiger partial charge >= 0.3 is 24.0 Å². The Kier molecular flexibility index (Phi) is 8.18. The third-order valence-electron chi connectivity index (χ3n) is 4.87. The van der Waals surface area contributed by atoms with Gasteiger partial charge < -0.3 is 14.8 Å². The van der Waals surface area contributed by atoms with Crippen molar-refractivity contribution >= 4 is 29.2 Å². The number of ether oxygens (including phenoxy) is 2. The van der Waals surface area contributed by atoms with E-state index >= 15 is 0 Å². The second kappa shape index (κ2) is 11.1. The molecule has 0 saturated carbocycles. The first-order valence-electron chi connectivity index (χ1n) is 10.1. The molecule has 0 amide bonds. The summed E-state index contributed by atoms with van der Waals surface area (Å²) in [6, 6.07) is 9.54. The minimum absolute atomic E-state index is 0.0148. The van der Waals surface area contributed by atoms with Crippen molar-refractivity contribution in [2.45, 2.75) is 26.6 Å². The molecule has 0 bridgehead atoms. The summed E-state index contributed by atoms with van der Waals surface area (Å²) in [5.41, 5.74) is -1.12. The quantitative estimate of drug-likeness (QED) is 0.438. The van der Waals surface area contributed by atoms with Crippen LogP contribution < -0.4 is 21.4 Å². The third kappa shape index (κ3) is 6.41. The number of anilines is 2. The minimum atomic E-state index is -3.21. The van der Waals surface area contributed by atoms with Gasteiger partial charge in [-0.3, -0.25) is 9.36 Å². The van der Waals surface area contributed by atoms with Gasteiger partial charge in [-0.05, 0) is 29.8 Å². The molecule has 0 saturated heterocycles. The molecule has 9 nitrogen and oxygen atoms in total. The van der Waals surface area contributed by atoms with Crippen LogP contribution in [0.5, 0.6) is 5.75 Å². The second-order valence-corrected chi connectivity index (χ2v) is 7.83. The van der Waals surface area contributed by atoms with E-state index in [1.54, 1.807) is 24.3 Å². The summed E-state index contributed by atoms with van der Waals surface area (Å²) in [5, 5.41) is 3.13. The van der Waals surface area contributed by atoms with Crippen molar-refractivity contribution in [1.29, 1.82) is 0 Å². The summed E-state index contributed by atoms with van der Waals surface area (Å²) >= 11 is 5.92. The van der Waals surface area contributed by atoms with Crippen molar-refractivity contribution in [3.8, 4) is 5.75 Å². The molecule has 0 aliphatic heterocycles. The number of hydrogen-bond donors (Lipinski definition) is 1. The van der Waals surface area contributed by atoms with Crippen LogP contribution in [0, 0.1) is 11.7 Å². The van der Waals surface area contributed by atoms with Gasteiger partial charge in [0.05, 0.1) is 19.6 Å². The lowest BCUT2D eigenvalue weighted by atomic mass is 10.2. The predicted molar refractivity (Wildman–Crippen MR) is 121 cm³/mol.